The van der Waals surface area contributed by atoms with E-state index in [4.69, 9.17) is 5.26 Å². The second kappa shape index (κ2) is 8.51. The molecule has 6 rings (SSSR count). The average Bonchev–Trinajstić information content (AvgIpc) is 3.26. The third kappa shape index (κ3) is 3.48. The molecule has 0 atom stereocenters. The average molecular weight is 462 g/mol. The van der Waals surface area contributed by atoms with Gasteiger partial charge in [-0.05, 0) is 47.9 Å². The van der Waals surface area contributed by atoms with Crippen LogP contribution in [0.1, 0.15) is 17.0 Å². The van der Waals surface area contributed by atoms with Crippen molar-refractivity contribution in [3.8, 4) is 40.1 Å². The van der Waals surface area contributed by atoms with Crippen LogP contribution in [0.5, 0.6) is 0 Å². The Bertz CT molecular complexity index is 1850. The van der Waals surface area contributed by atoms with Gasteiger partial charge in [0.05, 0.1) is 22.3 Å². The van der Waals surface area contributed by atoms with Crippen LogP contribution in [0.3, 0.4) is 0 Å². The number of nitriles is 2. The number of nitrogens with zero attached hydrogens (tertiary/aromatic N) is 5. The number of para-hydroxylation sites is 1. The van der Waals surface area contributed by atoms with Gasteiger partial charge in [-0.25, -0.2) is 9.97 Å². The van der Waals surface area contributed by atoms with Crippen LogP contribution in [0.15, 0.2) is 97.3 Å². The maximum atomic E-state index is 10.1. The normalized spacial score (nSPS) is 10.9. The van der Waals surface area contributed by atoms with Crippen molar-refractivity contribution in [3.63, 3.8) is 0 Å². The molecule has 6 aromatic rings. The van der Waals surface area contributed by atoms with E-state index in [0.29, 0.717) is 5.56 Å². The molecule has 0 saturated carbocycles. The van der Waals surface area contributed by atoms with Crippen molar-refractivity contribution in [1.82, 2.24) is 14.5 Å². The van der Waals surface area contributed by atoms with E-state index in [-0.39, 0.29) is 5.82 Å². The summed E-state index contributed by atoms with van der Waals surface area (Å²) in [6, 6.07) is 33.4. The Balaban J connectivity index is 1.58. The summed E-state index contributed by atoms with van der Waals surface area (Å²) >= 11 is 0. The fourth-order valence-electron chi connectivity index (χ4n) is 4.69. The first kappa shape index (κ1) is 21.3. The molecule has 0 radical (unpaired) electrons. The van der Waals surface area contributed by atoms with Gasteiger partial charge in [0, 0.05) is 28.7 Å². The molecule has 36 heavy (non-hydrogen) atoms. The van der Waals surface area contributed by atoms with Crippen molar-refractivity contribution in [3.05, 3.63) is 114 Å². The quantitative estimate of drug-likeness (QED) is 0.285. The minimum Gasteiger partial charge on any atom is -0.308 e. The third-order valence-corrected chi connectivity index (χ3v) is 6.50. The van der Waals surface area contributed by atoms with Crippen LogP contribution < -0.4 is 0 Å². The Hall–Kier alpha value is -5.26. The number of rotatable bonds is 3. The highest BCUT2D eigenvalue weighted by molar-refractivity contribution is 6.10. The second-order valence-corrected chi connectivity index (χ2v) is 8.70. The minimum absolute atomic E-state index is 0.116. The molecule has 0 amide bonds. The molecule has 4 aromatic carbocycles. The van der Waals surface area contributed by atoms with Gasteiger partial charge in [0.15, 0.2) is 0 Å². The summed E-state index contributed by atoms with van der Waals surface area (Å²) in [5.41, 5.74) is 8.50. The maximum absolute atomic E-state index is 10.1. The van der Waals surface area contributed by atoms with Crippen LogP contribution in [-0.4, -0.2) is 14.5 Å². The van der Waals surface area contributed by atoms with Gasteiger partial charge in [-0.15, -0.1) is 0 Å². The first-order valence-corrected chi connectivity index (χ1v) is 11.5. The number of aryl methyl sites for hydroxylation is 1. The zero-order valence-electron chi connectivity index (χ0n) is 19.5. The van der Waals surface area contributed by atoms with Crippen LogP contribution in [0.4, 0.5) is 0 Å². The molecule has 0 N–H and O–H groups in total. The lowest BCUT2D eigenvalue weighted by Crippen LogP contribution is -1.98. The SMILES string of the molecule is Cc1ccc(-c2ccc3c4ccccc4n(-c4ccc(-c5cnc(C#N)nc5)cc4C#N)c3c2)cc1. The predicted octanol–water partition coefficient (Wildman–Crippen LogP) is 6.96. The lowest BCUT2D eigenvalue weighted by molar-refractivity contribution is 1.11. The molecule has 0 aliphatic carbocycles. The van der Waals surface area contributed by atoms with E-state index in [1.807, 2.05) is 36.4 Å². The molecule has 5 heteroatoms. The molecule has 0 fully saturated rings. The van der Waals surface area contributed by atoms with E-state index in [2.05, 4.69) is 82.1 Å². The Morgan fingerprint density at radius 2 is 1.31 bits per heavy atom. The fourth-order valence-corrected chi connectivity index (χ4v) is 4.69. The van der Waals surface area contributed by atoms with E-state index >= 15 is 0 Å². The summed E-state index contributed by atoms with van der Waals surface area (Å²) in [6.45, 7) is 2.09. The molecule has 0 spiro atoms. The minimum atomic E-state index is 0.116. The van der Waals surface area contributed by atoms with Crippen LogP contribution in [0.25, 0.3) is 49.7 Å². The predicted molar refractivity (Wildman–Crippen MR) is 141 cm³/mol. The van der Waals surface area contributed by atoms with E-state index in [1.165, 1.54) is 5.56 Å². The fraction of sp³-hybridized carbons (Fsp3) is 0.0323. The highest BCUT2D eigenvalue weighted by Gasteiger charge is 2.16. The van der Waals surface area contributed by atoms with Crippen molar-refractivity contribution in [2.75, 3.05) is 0 Å². The van der Waals surface area contributed by atoms with Gasteiger partial charge in [0.25, 0.3) is 0 Å². The van der Waals surface area contributed by atoms with Crippen molar-refractivity contribution in [1.29, 1.82) is 10.5 Å². The first-order valence-electron chi connectivity index (χ1n) is 11.5. The van der Waals surface area contributed by atoms with Crippen molar-refractivity contribution in [2.45, 2.75) is 6.92 Å². The van der Waals surface area contributed by atoms with Crippen LogP contribution >= 0.6 is 0 Å². The summed E-state index contributed by atoms with van der Waals surface area (Å²) in [5.74, 6) is 0.116. The number of fused-ring (bicyclic) bond motifs is 3. The summed E-state index contributed by atoms with van der Waals surface area (Å²) in [5, 5.41) is 21.4. The molecule has 5 nitrogen and oxygen atoms in total. The molecule has 0 aliphatic rings. The molecule has 0 saturated heterocycles. The smallest absolute Gasteiger partial charge is 0.232 e. The largest absolute Gasteiger partial charge is 0.308 e. The Morgan fingerprint density at radius 1 is 0.639 bits per heavy atom. The maximum Gasteiger partial charge on any atom is 0.232 e. The molecular formula is C31H19N5. The summed E-state index contributed by atoms with van der Waals surface area (Å²) in [6.07, 6.45) is 3.21. The van der Waals surface area contributed by atoms with Crippen LogP contribution in [0, 0.1) is 29.6 Å². The molecule has 0 bridgehead atoms. The molecule has 2 aromatic heterocycles. The summed E-state index contributed by atoms with van der Waals surface area (Å²) in [7, 11) is 0. The van der Waals surface area contributed by atoms with E-state index in [0.717, 1.165) is 49.7 Å². The molecule has 0 unspecified atom stereocenters. The monoisotopic (exact) mass is 461 g/mol. The van der Waals surface area contributed by atoms with Gasteiger partial charge in [-0.3, -0.25) is 0 Å². The molecule has 0 aliphatic heterocycles. The third-order valence-electron chi connectivity index (χ3n) is 6.50. The summed E-state index contributed by atoms with van der Waals surface area (Å²) in [4.78, 5) is 8.13. The molecule has 2 heterocycles. The van der Waals surface area contributed by atoms with Gasteiger partial charge >= 0.3 is 0 Å². The lowest BCUT2D eigenvalue weighted by atomic mass is 10.0. The first-order chi connectivity index (χ1) is 17.7. The van der Waals surface area contributed by atoms with Gasteiger partial charge in [-0.1, -0.05) is 66.2 Å². The van der Waals surface area contributed by atoms with E-state index in [9.17, 15) is 5.26 Å². The van der Waals surface area contributed by atoms with Gasteiger partial charge in [0.1, 0.15) is 12.1 Å². The van der Waals surface area contributed by atoms with Crippen molar-refractivity contribution in [2.24, 2.45) is 0 Å². The standard InChI is InChI=1S/C31H19N5/c1-20-6-8-21(9-7-20)23-10-12-27-26-4-2-3-5-29(26)36(30(27)15-23)28-13-11-22(14-24(28)16-32)25-18-34-31(17-33)35-19-25/h2-15,18-19H,1H3. The highest BCUT2D eigenvalue weighted by atomic mass is 15.0. The molecular weight excluding hydrogens is 442 g/mol. The van der Waals surface area contributed by atoms with Crippen LogP contribution in [0.2, 0.25) is 0 Å². The Kier molecular flexibility index (Phi) is 5.03. The van der Waals surface area contributed by atoms with Crippen LogP contribution in [-0.2, 0) is 0 Å². The number of benzene rings is 4. The van der Waals surface area contributed by atoms with E-state index < -0.39 is 0 Å². The van der Waals surface area contributed by atoms with Gasteiger partial charge < -0.3 is 4.57 Å². The van der Waals surface area contributed by atoms with Gasteiger partial charge in [0.2, 0.25) is 5.82 Å². The van der Waals surface area contributed by atoms with Crippen molar-refractivity contribution < 1.29 is 0 Å². The number of hydrogen-bond acceptors (Lipinski definition) is 4. The van der Waals surface area contributed by atoms with E-state index in [1.54, 1.807) is 12.4 Å². The molecule has 168 valence electrons. The Morgan fingerprint density at radius 3 is 2.06 bits per heavy atom. The number of aromatic nitrogens is 3. The zero-order valence-corrected chi connectivity index (χ0v) is 19.5. The lowest BCUT2D eigenvalue weighted by Gasteiger charge is -2.12. The number of hydrogen-bond donors (Lipinski definition) is 0. The highest BCUT2D eigenvalue weighted by Crippen LogP contribution is 2.36. The second-order valence-electron chi connectivity index (χ2n) is 8.70. The Labute approximate surface area is 208 Å². The van der Waals surface area contributed by atoms with Crippen molar-refractivity contribution >= 4 is 21.8 Å². The summed E-state index contributed by atoms with van der Waals surface area (Å²) < 4.78 is 2.17. The topological polar surface area (TPSA) is 78.3 Å². The zero-order chi connectivity index (χ0) is 24.6. The van der Waals surface area contributed by atoms with Gasteiger partial charge in [-0.2, -0.15) is 10.5 Å².